The Kier molecular flexibility index (Phi) is 3.92. The fraction of sp³-hybridized carbons (Fsp3) is 0.667. The SMILES string of the molecule is O=P(O)(O)OCC1=C(O)[C@H](O)[C@@H](O)[C@@H](O)O1. The summed E-state index contributed by atoms with van der Waals surface area (Å²) in [5, 5.41) is 36.5. The van der Waals surface area contributed by atoms with Crippen molar-refractivity contribution in [3.8, 4) is 0 Å². The molecule has 1 rings (SSSR count). The van der Waals surface area contributed by atoms with Gasteiger partial charge in [0.05, 0.1) is 0 Å². The molecule has 6 N–H and O–H groups in total. The Morgan fingerprint density at radius 3 is 2.38 bits per heavy atom. The molecule has 1 aliphatic heterocycles. The summed E-state index contributed by atoms with van der Waals surface area (Å²) in [6.07, 6.45) is -5.38. The molecule has 0 unspecified atom stereocenters. The first-order valence-electron chi connectivity index (χ1n) is 4.05. The minimum absolute atomic E-state index is 0.561. The maximum absolute atomic E-state index is 10.3. The molecule has 0 saturated carbocycles. The molecule has 3 atom stereocenters. The first kappa shape index (κ1) is 13.4. The number of ether oxygens (including phenoxy) is 1. The molecule has 0 saturated heterocycles. The highest BCUT2D eigenvalue weighted by molar-refractivity contribution is 7.46. The van der Waals surface area contributed by atoms with Crippen LogP contribution in [0.1, 0.15) is 0 Å². The zero-order valence-corrected chi connectivity index (χ0v) is 8.69. The van der Waals surface area contributed by atoms with E-state index in [0.717, 1.165) is 0 Å². The average molecular weight is 258 g/mol. The number of rotatable bonds is 3. The van der Waals surface area contributed by atoms with Gasteiger partial charge >= 0.3 is 7.82 Å². The van der Waals surface area contributed by atoms with Crippen molar-refractivity contribution in [2.24, 2.45) is 0 Å². The Labute approximate surface area is 89.4 Å². The maximum atomic E-state index is 10.3. The van der Waals surface area contributed by atoms with E-state index in [-0.39, 0.29) is 0 Å². The summed E-state index contributed by atoms with van der Waals surface area (Å²) in [6, 6.07) is 0. The molecule has 94 valence electrons. The van der Waals surface area contributed by atoms with Gasteiger partial charge in [0.25, 0.3) is 0 Å². The quantitative estimate of drug-likeness (QED) is 0.313. The normalized spacial score (nSPS) is 31.4. The maximum Gasteiger partial charge on any atom is 0.470 e. The van der Waals surface area contributed by atoms with E-state index in [0.29, 0.717) is 0 Å². The van der Waals surface area contributed by atoms with Gasteiger partial charge in [0, 0.05) is 0 Å². The molecule has 0 amide bonds. The second-order valence-corrected chi connectivity index (χ2v) is 4.26. The standard InChI is InChI=1S/C6H11O9P/c7-3-2(1-14-16(11,12)13)15-6(10)5(9)4(3)8/h4-10H,1H2,(H2,11,12,13)/t4-,5+,6-/m0/s1. The second-order valence-electron chi connectivity index (χ2n) is 3.02. The van der Waals surface area contributed by atoms with Gasteiger partial charge in [-0.1, -0.05) is 0 Å². The fourth-order valence-corrected chi connectivity index (χ4v) is 1.29. The van der Waals surface area contributed by atoms with Crippen LogP contribution in [0.5, 0.6) is 0 Å². The number of aliphatic hydroxyl groups excluding tert-OH is 4. The minimum atomic E-state index is -4.76. The fourth-order valence-electron chi connectivity index (χ4n) is 1.01. The Balaban J connectivity index is 2.75. The molecule has 1 aliphatic rings. The third kappa shape index (κ3) is 3.16. The topological polar surface area (TPSA) is 157 Å². The van der Waals surface area contributed by atoms with Crippen LogP contribution < -0.4 is 0 Å². The minimum Gasteiger partial charge on any atom is -0.506 e. The number of aliphatic hydroxyl groups is 4. The smallest absolute Gasteiger partial charge is 0.470 e. The van der Waals surface area contributed by atoms with Crippen LogP contribution >= 0.6 is 7.82 Å². The van der Waals surface area contributed by atoms with Crippen LogP contribution in [0.3, 0.4) is 0 Å². The highest BCUT2D eigenvalue weighted by atomic mass is 31.2. The second kappa shape index (κ2) is 4.68. The van der Waals surface area contributed by atoms with E-state index in [1.54, 1.807) is 0 Å². The van der Waals surface area contributed by atoms with Gasteiger partial charge in [-0.3, -0.25) is 4.52 Å². The van der Waals surface area contributed by atoms with Gasteiger partial charge in [0.1, 0.15) is 18.8 Å². The van der Waals surface area contributed by atoms with Crippen molar-refractivity contribution in [1.82, 2.24) is 0 Å². The zero-order valence-electron chi connectivity index (χ0n) is 7.79. The third-order valence-corrected chi connectivity index (χ3v) is 2.27. The molecule has 0 aliphatic carbocycles. The van der Waals surface area contributed by atoms with Gasteiger partial charge in [-0.2, -0.15) is 0 Å². The van der Waals surface area contributed by atoms with Crippen molar-refractivity contribution in [3.05, 3.63) is 11.5 Å². The lowest BCUT2D eigenvalue weighted by atomic mass is 10.1. The zero-order chi connectivity index (χ0) is 12.5. The lowest BCUT2D eigenvalue weighted by Gasteiger charge is -2.30. The van der Waals surface area contributed by atoms with Crippen molar-refractivity contribution in [2.45, 2.75) is 18.5 Å². The van der Waals surface area contributed by atoms with Crippen LogP contribution in [0.4, 0.5) is 0 Å². The molecule has 10 heteroatoms. The molecule has 0 fully saturated rings. The van der Waals surface area contributed by atoms with E-state index in [4.69, 9.17) is 25.1 Å². The van der Waals surface area contributed by atoms with Gasteiger partial charge in [-0.25, -0.2) is 4.57 Å². The molecule has 16 heavy (non-hydrogen) atoms. The van der Waals surface area contributed by atoms with Crippen LogP contribution in [-0.2, 0) is 13.8 Å². The Bertz CT molecular complexity index is 333. The molecule has 0 aromatic carbocycles. The van der Waals surface area contributed by atoms with Crippen molar-refractivity contribution >= 4 is 7.82 Å². The molecular weight excluding hydrogens is 247 g/mol. The van der Waals surface area contributed by atoms with Gasteiger partial charge in [-0.15, -0.1) is 0 Å². The molecule has 0 aromatic rings. The first-order chi connectivity index (χ1) is 7.22. The summed E-state index contributed by atoms with van der Waals surface area (Å²) in [7, 11) is -4.76. The molecule has 0 bridgehead atoms. The molecule has 1 heterocycles. The molecule has 0 radical (unpaired) electrons. The Morgan fingerprint density at radius 1 is 1.31 bits per heavy atom. The summed E-state index contributed by atoms with van der Waals surface area (Å²) < 4.78 is 18.8. The van der Waals surface area contributed by atoms with E-state index >= 15 is 0 Å². The predicted molar refractivity (Wildman–Crippen MR) is 46.8 cm³/mol. The van der Waals surface area contributed by atoms with Crippen molar-refractivity contribution in [3.63, 3.8) is 0 Å². The highest BCUT2D eigenvalue weighted by Gasteiger charge is 2.37. The average Bonchev–Trinajstić information content (AvgIpc) is 2.17. The first-order valence-corrected chi connectivity index (χ1v) is 5.58. The van der Waals surface area contributed by atoms with Gasteiger partial charge in [0.15, 0.2) is 11.5 Å². The van der Waals surface area contributed by atoms with E-state index in [1.807, 2.05) is 0 Å². The summed E-state index contributed by atoms with van der Waals surface area (Å²) >= 11 is 0. The largest absolute Gasteiger partial charge is 0.506 e. The van der Waals surface area contributed by atoms with Crippen LogP contribution in [0.25, 0.3) is 0 Å². The number of hydrogen-bond donors (Lipinski definition) is 6. The summed E-state index contributed by atoms with van der Waals surface area (Å²) in [5.41, 5.74) is 0. The molecule has 0 aromatic heterocycles. The summed E-state index contributed by atoms with van der Waals surface area (Å²) in [4.78, 5) is 16.7. The summed E-state index contributed by atoms with van der Waals surface area (Å²) in [6.45, 7) is -0.850. The predicted octanol–water partition coefficient (Wildman–Crippen LogP) is -2.06. The Hall–Kier alpha value is -0.670. The lowest BCUT2D eigenvalue weighted by molar-refractivity contribution is -0.190. The number of phosphoric acid groups is 1. The van der Waals surface area contributed by atoms with Crippen LogP contribution in [0, 0.1) is 0 Å². The Morgan fingerprint density at radius 2 is 1.88 bits per heavy atom. The molecule has 9 nitrogen and oxygen atoms in total. The molecular formula is C6H11O9P. The van der Waals surface area contributed by atoms with Crippen molar-refractivity contribution < 1.29 is 44.0 Å². The van der Waals surface area contributed by atoms with E-state index in [9.17, 15) is 9.67 Å². The molecule has 0 spiro atoms. The summed E-state index contributed by atoms with van der Waals surface area (Å²) in [5.74, 6) is -1.42. The third-order valence-electron chi connectivity index (χ3n) is 1.81. The van der Waals surface area contributed by atoms with Crippen LogP contribution in [0.2, 0.25) is 0 Å². The van der Waals surface area contributed by atoms with E-state index < -0.39 is 44.4 Å². The van der Waals surface area contributed by atoms with E-state index in [1.165, 1.54) is 0 Å². The lowest BCUT2D eigenvalue weighted by Crippen LogP contribution is -2.44. The van der Waals surface area contributed by atoms with Gasteiger partial charge < -0.3 is 34.9 Å². The van der Waals surface area contributed by atoms with Gasteiger partial charge in [0.2, 0.25) is 6.29 Å². The highest BCUT2D eigenvalue weighted by Crippen LogP contribution is 2.37. The van der Waals surface area contributed by atoms with Crippen molar-refractivity contribution in [2.75, 3.05) is 6.61 Å². The van der Waals surface area contributed by atoms with Crippen LogP contribution in [0.15, 0.2) is 11.5 Å². The monoisotopic (exact) mass is 258 g/mol. The number of hydrogen-bond acceptors (Lipinski definition) is 7. The van der Waals surface area contributed by atoms with E-state index in [2.05, 4.69) is 9.26 Å². The van der Waals surface area contributed by atoms with Gasteiger partial charge in [-0.05, 0) is 0 Å². The van der Waals surface area contributed by atoms with Crippen LogP contribution in [-0.4, -0.2) is 55.3 Å². The number of phosphoric ester groups is 1. The van der Waals surface area contributed by atoms with Crippen molar-refractivity contribution in [1.29, 1.82) is 0 Å².